The van der Waals surface area contributed by atoms with Crippen LogP contribution in [0.3, 0.4) is 0 Å². The number of benzene rings is 2. The van der Waals surface area contributed by atoms with Gasteiger partial charge in [0.15, 0.2) is 0 Å². The van der Waals surface area contributed by atoms with E-state index in [0.717, 1.165) is 30.4 Å². The van der Waals surface area contributed by atoms with Gasteiger partial charge in [-0.15, -0.1) is 0 Å². The molecule has 2 aliphatic rings. The van der Waals surface area contributed by atoms with Gasteiger partial charge in [0.2, 0.25) is 5.91 Å². The van der Waals surface area contributed by atoms with E-state index in [1.165, 1.54) is 0 Å². The first-order chi connectivity index (χ1) is 19.6. The van der Waals surface area contributed by atoms with Gasteiger partial charge in [-0.2, -0.15) is 0 Å². The van der Waals surface area contributed by atoms with E-state index in [1.807, 2.05) is 49.9 Å². The van der Waals surface area contributed by atoms with Gasteiger partial charge in [0, 0.05) is 51.9 Å². The molecule has 0 unspecified atom stereocenters. The summed E-state index contributed by atoms with van der Waals surface area (Å²) in [5.74, 6) is 0.897. The van der Waals surface area contributed by atoms with E-state index in [-0.39, 0.29) is 30.2 Å². The second-order valence-electron chi connectivity index (χ2n) is 11.9. The molecule has 0 radical (unpaired) electrons. The normalized spacial score (nSPS) is 19.0. The molecule has 1 aliphatic heterocycles. The van der Waals surface area contributed by atoms with E-state index in [1.54, 1.807) is 37.3 Å². The summed E-state index contributed by atoms with van der Waals surface area (Å²) in [7, 11) is 3.28. The van der Waals surface area contributed by atoms with Crippen molar-refractivity contribution in [1.29, 1.82) is 0 Å². The smallest absolute Gasteiger partial charge is 0.410 e. The molecule has 4 rings (SSSR count). The lowest BCUT2D eigenvalue weighted by Gasteiger charge is -2.40. The topological polar surface area (TPSA) is 97.8 Å². The van der Waals surface area contributed by atoms with Crippen LogP contribution in [0.25, 0.3) is 0 Å². The molecule has 2 aromatic carbocycles. The number of amides is 2. The third-order valence-electron chi connectivity index (χ3n) is 7.44. The molecule has 1 saturated carbocycles. The van der Waals surface area contributed by atoms with Crippen LogP contribution in [0.5, 0.6) is 17.2 Å². The highest BCUT2D eigenvalue weighted by molar-refractivity contribution is 5.82. The Bertz CT molecular complexity index is 1190. The van der Waals surface area contributed by atoms with E-state index >= 15 is 0 Å². The monoisotopic (exact) mass is 568 g/mol. The van der Waals surface area contributed by atoms with Gasteiger partial charge in [0.1, 0.15) is 22.8 Å². The van der Waals surface area contributed by atoms with E-state index in [0.29, 0.717) is 44.2 Å². The van der Waals surface area contributed by atoms with Crippen molar-refractivity contribution >= 4 is 12.0 Å². The summed E-state index contributed by atoms with van der Waals surface area (Å²) in [6.07, 6.45) is 2.83. The molecule has 41 heavy (non-hydrogen) atoms. The lowest BCUT2D eigenvalue weighted by molar-refractivity contribution is -0.139. The van der Waals surface area contributed by atoms with Gasteiger partial charge in [-0.3, -0.25) is 4.79 Å². The minimum absolute atomic E-state index is 0.000477. The van der Waals surface area contributed by atoms with Crippen molar-refractivity contribution in [2.45, 2.75) is 70.6 Å². The molecule has 9 nitrogen and oxygen atoms in total. The third-order valence-corrected chi connectivity index (χ3v) is 7.44. The molecule has 1 heterocycles. The number of aromatic hydroxyl groups is 1. The maximum Gasteiger partial charge on any atom is 0.410 e. The summed E-state index contributed by atoms with van der Waals surface area (Å²) in [6, 6.07) is 13.0. The maximum atomic E-state index is 14.4. The Balaban J connectivity index is 1.59. The van der Waals surface area contributed by atoms with Crippen molar-refractivity contribution in [2.75, 3.05) is 40.5 Å². The Kier molecular flexibility index (Phi) is 10.0. The molecule has 9 heteroatoms. The number of rotatable bonds is 11. The van der Waals surface area contributed by atoms with Gasteiger partial charge in [-0.25, -0.2) is 4.79 Å². The van der Waals surface area contributed by atoms with Gasteiger partial charge in [0.05, 0.1) is 19.6 Å². The first-order valence-electron chi connectivity index (χ1n) is 14.4. The van der Waals surface area contributed by atoms with Crippen LogP contribution in [0.2, 0.25) is 0 Å². The summed E-state index contributed by atoms with van der Waals surface area (Å²) in [5, 5.41) is 10.2. The van der Waals surface area contributed by atoms with Crippen LogP contribution >= 0.6 is 0 Å². The lowest BCUT2D eigenvalue weighted by atomic mass is 9.79. The van der Waals surface area contributed by atoms with Crippen molar-refractivity contribution in [3.63, 3.8) is 0 Å². The number of ether oxygens (including phenoxy) is 4. The first-order valence-corrected chi connectivity index (χ1v) is 14.4. The van der Waals surface area contributed by atoms with Gasteiger partial charge in [-0.1, -0.05) is 12.1 Å². The Morgan fingerprint density at radius 3 is 2.44 bits per heavy atom. The van der Waals surface area contributed by atoms with E-state index in [9.17, 15) is 14.7 Å². The van der Waals surface area contributed by atoms with Crippen LogP contribution in [0.1, 0.15) is 63.5 Å². The van der Waals surface area contributed by atoms with Gasteiger partial charge < -0.3 is 33.9 Å². The van der Waals surface area contributed by atoms with Crippen LogP contribution in [0.4, 0.5) is 4.79 Å². The molecule has 2 fully saturated rings. The van der Waals surface area contributed by atoms with E-state index < -0.39 is 17.6 Å². The lowest BCUT2D eigenvalue weighted by Crippen LogP contribution is -2.51. The number of nitrogens with zero attached hydrogens (tertiary/aromatic N) is 2. The third kappa shape index (κ3) is 8.52. The second kappa shape index (κ2) is 13.5. The molecule has 0 aromatic heterocycles. The predicted molar refractivity (Wildman–Crippen MR) is 155 cm³/mol. The van der Waals surface area contributed by atoms with E-state index in [2.05, 4.69) is 0 Å². The highest BCUT2D eigenvalue weighted by atomic mass is 16.6. The fourth-order valence-electron chi connectivity index (χ4n) is 5.35. The van der Waals surface area contributed by atoms with Crippen molar-refractivity contribution in [1.82, 2.24) is 9.80 Å². The highest BCUT2D eigenvalue weighted by Gasteiger charge is 2.43. The number of likely N-dealkylation sites (tertiary alicyclic amines) is 1. The Labute approximate surface area is 243 Å². The summed E-state index contributed by atoms with van der Waals surface area (Å²) >= 11 is 0. The molecule has 1 N–H and O–H groups in total. The molecule has 2 aromatic rings. The number of hydrogen-bond donors (Lipinski definition) is 1. The molecule has 0 spiro atoms. The largest absolute Gasteiger partial charge is 0.508 e. The molecule has 1 saturated heterocycles. The average molecular weight is 569 g/mol. The second-order valence-corrected chi connectivity index (χ2v) is 11.9. The number of phenolic OH excluding ortho intramolecular Hbond substituents is 1. The van der Waals surface area contributed by atoms with E-state index in [4.69, 9.17) is 18.9 Å². The minimum atomic E-state index is -0.631. The number of hydrogen-bond acceptors (Lipinski definition) is 7. The Morgan fingerprint density at radius 2 is 1.78 bits per heavy atom. The van der Waals surface area contributed by atoms with Gasteiger partial charge >= 0.3 is 6.09 Å². The standard InChI is InChI=1S/C32H44N2O7/c1-32(2,3)41-31(37)33-13-12-28(23-8-6-9-25(35)18-23)29(21-33)30(36)34(24-10-11-24)20-22-16-26(39-5)19-27(17-22)40-15-7-14-38-4/h6,8-9,16-19,24,28-29,35H,7,10-15,20-21H2,1-5H3/t28-,29+/m1/s1. The van der Waals surface area contributed by atoms with Gasteiger partial charge in [-0.05, 0) is 81.3 Å². The van der Waals surface area contributed by atoms with Crippen molar-refractivity contribution in [3.05, 3.63) is 53.6 Å². The Hall–Kier alpha value is -3.46. The van der Waals surface area contributed by atoms with Crippen molar-refractivity contribution in [3.8, 4) is 17.2 Å². The fraction of sp³-hybridized carbons (Fsp3) is 0.562. The number of carbonyl (C=O) groups is 2. The molecular formula is C32H44N2O7. The van der Waals surface area contributed by atoms with Crippen molar-refractivity contribution in [2.24, 2.45) is 5.92 Å². The summed E-state index contributed by atoms with van der Waals surface area (Å²) in [5.41, 5.74) is 1.19. The van der Waals surface area contributed by atoms with Crippen LogP contribution in [0, 0.1) is 5.92 Å². The molecule has 0 bridgehead atoms. The van der Waals surface area contributed by atoms with Crippen LogP contribution < -0.4 is 9.47 Å². The highest BCUT2D eigenvalue weighted by Crippen LogP contribution is 2.39. The SMILES string of the molecule is COCCCOc1cc(CN(C(=O)[C@H]2CN(C(=O)OC(C)(C)C)CC[C@@H]2c2cccc(O)c2)C2CC2)cc(OC)c1. The summed E-state index contributed by atoms with van der Waals surface area (Å²) in [4.78, 5) is 31.0. The number of phenols is 1. The number of piperidine rings is 1. The maximum absolute atomic E-state index is 14.4. The zero-order chi connectivity index (χ0) is 29.6. The quantitative estimate of drug-likeness (QED) is 0.365. The number of methoxy groups -OCH3 is 2. The molecule has 224 valence electrons. The number of carbonyl (C=O) groups excluding carboxylic acids is 2. The zero-order valence-electron chi connectivity index (χ0n) is 24.9. The molecule has 1 aliphatic carbocycles. The zero-order valence-corrected chi connectivity index (χ0v) is 24.9. The fourth-order valence-corrected chi connectivity index (χ4v) is 5.35. The van der Waals surface area contributed by atoms with Crippen LogP contribution in [0.15, 0.2) is 42.5 Å². The predicted octanol–water partition coefficient (Wildman–Crippen LogP) is 5.35. The molecular weight excluding hydrogens is 524 g/mol. The average Bonchev–Trinajstić information content (AvgIpc) is 3.78. The first kappa shape index (κ1) is 30.5. The summed E-state index contributed by atoms with van der Waals surface area (Å²) < 4.78 is 22.3. The Morgan fingerprint density at radius 1 is 1.02 bits per heavy atom. The van der Waals surface area contributed by atoms with Gasteiger partial charge in [0.25, 0.3) is 0 Å². The molecule has 2 amide bonds. The van der Waals surface area contributed by atoms with Crippen LogP contribution in [-0.4, -0.2) is 79.1 Å². The summed E-state index contributed by atoms with van der Waals surface area (Å²) in [6.45, 7) is 7.78. The van der Waals surface area contributed by atoms with Crippen LogP contribution in [-0.2, 0) is 20.8 Å². The van der Waals surface area contributed by atoms with Crippen molar-refractivity contribution < 1.29 is 33.6 Å². The minimum Gasteiger partial charge on any atom is -0.508 e. The molecule has 2 atom stereocenters.